The summed E-state index contributed by atoms with van der Waals surface area (Å²) in [6.07, 6.45) is 2.60. The van der Waals surface area contributed by atoms with Gasteiger partial charge in [0, 0.05) is 39.0 Å². The van der Waals surface area contributed by atoms with E-state index in [0.717, 1.165) is 32.5 Å². The number of nitrogens with one attached hydrogen (secondary N) is 1. The lowest BCUT2D eigenvalue weighted by atomic mass is 10.00. The molecule has 1 saturated heterocycles. The highest BCUT2D eigenvalue weighted by Gasteiger charge is 2.41. The van der Waals surface area contributed by atoms with Crippen molar-refractivity contribution in [2.45, 2.75) is 25.4 Å². The van der Waals surface area contributed by atoms with Crippen LogP contribution in [0.3, 0.4) is 0 Å². The summed E-state index contributed by atoms with van der Waals surface area (Å²) in [4.78, 5) is 13.4. The van der Waals surface area contributed by atoms with Crippen molar-refractivity contribution in [2.24, 2.45) is 11.8 Å². The van der Waals surface area contributed by atoms with E-state index in [1.54, 1.807) is 7.05 Å². The molecule has 0 radical (unpaired) electrons. The van der Waals surface area contributed by atoms with E-state index in [0.29, 0.717) is 18.3 Å². The molecular weight excluding hydrogens is 192 g/mol. The molecule has 1 amide bonds. The van der Waals surface area contributed by atoms with Crippen LogP contribution in [0, 0.1) is 11.8 Å². The van der Waals surface area contributed by atoms with Gasteiger partial charge in [-0.25, -0.2) is 0 Å². The number of aliphatic hydroxyl groups is 1. The van der Waals surface area contributed by atoms with Crippen molar-refractivity contribution in [1.82, 2.24) is 10.2 Å². The first-order valence-electron chi connectivity index (χ1n) is 5.81. The van der Waals surface area contributed by atoms with Gasteiger partial charge in [-0.3, -0.25) is 4.79 Å². The molecule has 0 bridgehead atoms. The van der Waals surface area contributed by atoms with Crippen molar-refractivity contribution in [1.29, 1.82) is 0 Å². The lowest BCUT2D eigenvalue weighted by Gasteiger charge is -2.17. The third-order valence-corrected chi connectivity index (χ3v) is 3.83. The number of hydrogen-bond donors (Lipinski definition) is 2. The second-order valence-electron chi connectivity index (χ2n) is 4.75. The van der Waals surface area contributed by atoms with E-state index < -0.39 is 0 Å². The smallest absolute Gasteiger partial charge is 0.221 e. The number of aliphatic hydroxyl groups excluding tert-OH is 1. The van der Waals surface area contributed by atoms with Crippen molar-refractivity contribution in [3.63, 3.8) is 0 Å². The van der Waals surface area contributed by atoms with Gasteiger partial charge in [-0.1, -0.05) is 0 Å². The van der Waals surface area contributed by atoms with E-state index >= 15 is 0 Å². The number of rotatable bonds is 3. The molecule has 86 valence electrons. The standard InChI is InChI=1S/C11H20N2O2/c1-12-11(15)4-5-13-6-8-2-3-10(14)9(8)7-13/h8-10,14H,2-7H2,1H3,(H,12,15). The molecular formula is C11H20N2O2. The van der Waals surface area contributed by atoms with Gasteiger partial charge in [-0.2, -0.15) is 0 Å². The Bertz CT molecular complexity index is 245. The second-order valence-corrected chi connectivity index (χ2v) is 4.75. The lowest BCUT2D eigenvalue weighted by molar-refractivity contribution is -0.120. The molecule has 1 aliphatic heterocycles. The van der Waals surface area contributed by atoms with E-state index in [-0.39, 0.29) is 12.0 Å². The van der Waals surface area contributed by atoms with Gasteiger partial charge in [-0.15, -0.1) is 0 Å². The van der Waals surface area contributed by atoms with Crippen LogP contribution in [0.5, 0.6) is 0 Å². The molecule has 1 heterocycles. The van der Waals surface area contributed by atoms with Gasteiger partial charge in [0.25, 0.3) is 0 Å². The maximum Gasteiger partial charge on any atom is 0.221 e. The van der Waals surface area contributed by atoms with Crippen LogP contribution in [0.1, 0.15) is 19.3 Å². The molecule has 3 unspecified atom stereocenters. The molecule has 0 aromatic rings. The van der Waals surface area contributed by atoms with Crippen LogP contribution in [0.25, 0.3) is 0 Å². The van der Waals surface area contributed by atoms with Gasteiger partial charge >= 0.3 is 0 Å². The van der Waals surface area contributed by atoms with Crippen molar-refractivity contribution in [3.8, 4) is 0 Å². The summed E-state index contributed by atoms with van der Waals surface area (Å²) in [7, 11) is 1.67. The number of amides is 1. The highest BCUT2D eigenvalue weighted by Crippen LogP contribution is 2.37. The zero-order valence-electron chi connectivity index (χ0n) is 9.28. The van der Waals surface area contributed by atoms with Gasteiger partial charge in [0.15, 0.2) is 0 Å². The molecule has 2 fully saturated rings. The molecule has 2 rings (SSSR count). The van der Waals surface area contributed by atoms with Crippen LogP contribution in [-0.4, -0.2) is 48.7 Å². The minimum atomic E-state index is -0.0972. The normalized spacial score (nSPS) is 35.5. The van der Waals surface area contributed by atoms with Gasteiger partial charge < -0.3 is 15.3 Å². The minimum absolute atomic E-state index is 0.0972. The monoisotopic (exact) mass is 212 g/mol. The predicted octanol–water partition coefficient (Wildman–Crippen LogP) is -0.175. The Balaban J connectivity index is 1.76. The van der Waals surface area contributed by atoms with E-state index in [1.165, 1.54) is 0 Å². The fourth-order valence-electron chi connectivity index (χ4n) is 2.90. The largest absolute Gasteiger partial charge is 0.393 e. The molecule has 3 atom stereocenters. The molecule has 2 N–H and O–H groups in total. The molecule has 0 aromatic heterocycles. The zero-order valence-corrected chi connectivity index (χ0v) is 9.28. The van der Waals surface area contributed by atoms with Crippen molar-refractivity contribution in [3.05, 3.63) is 0 Å². The van der Waals surface area contributed by atoms with Gasteiger partial charge in [0.05, 0.1) is 6.10 Å². The summed E-state index contributed by atoms with van der Waals surface area (Å²) >= 11 is 0. The Hall–Kier alpha value is -0.610. The van der Waals surface area contributed by atoms with Crippen LogP contribution < -0.4 is 5.32 Å². The number of carbonyl (C=O) groups excluding carboxylic acids is 1. The highest BCUT2D eigenvalue weighted by atomic mass is 16.3. The summed E-state index contributed by atoms with van der Waals surface area (Å²) in [5.74, 6) is 1.24. The highest BCUT2D eigenvalue weighted by molar-refractivity contribution is 5.75. The summed E-state index contributed by atoms with van der Waals surface area (Å²) < 4.78 is 0. The van der Waals surface area contributed by atoms with Gasteiger partial charge in [0.1, 0.15) is 0 Å². The number of hydrogen-bond acceptors (Lipinski definition) is 3. The second kappa shape index (κ2) is 4.49. The first-order chi connectivity index (χ1) is 7.20. The van der Waals surface area contributed by atoms with Gasteiger partial charge in [0.2, 0.25) is 5.91 Å². The third kappa shape index (κ3) is 2.32. The van der Waals surface area contributed by atoms with Crippen LogP contribution in [0.15, 0.2) is 0 Å². The van der Waals surface area contributed by atoms with Crippen LogP contribution in [0.4, 0.5) is 0 Å². The first-order valence-corrected chi connectivity index (χ1v) is 5.81. The topological polar surface area (TPSA) is 52.6 Å². The Morgan fingerprint density at radius 3 is 2.93 bits per heavy atom. The van der Waals surface area contributed by atoms with E-state index in [4.69, 9.17) is 0 Å². The number of carbonyl (C=O) groups is 1. The molecule has 15 heavy (non-hydrogen) atoms. The Morgan fingerprint density at radius 1 is 1.47 bits per heavy atom. The number of fused-ring (bicyclic) bond motifs is 1. The van der Waals surface area contributed by atoms with Crippen LogP contribution in [-0.2, 0) is 4.79 Å². The average molecular weight is 212 g/mol. The lowest BCUT2D eigenvalue weighted by Crippen LogP contribution is -2.29. The molecule has 4 nitrogen and oxygen atoms in total. The Labute approximate surface area is 90.6 Å². The number of likely N-dealkylation sites (tertiary alicyclic amines) is 1. The maximum absolute atomic E-state index is 11.1. The zero-order chi connectivity index (χ0) is 10.8. The fraction of sp³-hybridized carbons (Fsp3) is 0.909. The molecule has 1 aliphatic carbocycles. The van der Waals surface area contributed by atoms with Crippen LogP contribution in [0.2, 0.25) is 0 Å². The van der Waals surface area contributed by atoms with E-state index in [1.807, 2.05) is 0 Å². The molecule has 0 spiro atoms. The summed E-state index contributed by atoms with van der Waals surface area (Å²) in [6, 6.07) is 0. The van der Waals surface area contributed by atoms with Crippen LogP contribution >= 0.6 is 0 Å². The van der Waals surface area contributed by atoms with Crippen molar-refractivity contribution >= 4 is 5.91 Å². The molecule has 4 heteroatoms. The minimum Gasteiger partial charge on any atom is -0.393 e. The summed E-state index contributed by atoms with van der Waals surface area (Å²) in [5, 5.41) is 12.4. The Morgan fingerprint density at radius 2 is 2.27 bits per heavy atom. The van der Waals surface area contributed by atoms with E-state index in [2.05, 4.69) is 10.2 Å². The average Bonchev–Trinajstić information content (AvgIpc) is 2.78. The Kier molecular flexibility index (Phi) is 3.26. The first kappa shape index (κ1) is 10.9. The SMILES string of the molecule is CNC(=O)CCN1CC2CCC(O)C2C1. The molecule has 2 aliphatic rings. The molecule has 0 aromatic carbocycles. The predicted molar refractivity (Wildman–Crippen MR) is 57.3 cm³/mol. The maximum atomic E-state index is 11.1. The summed E-state index contributed by atoms with van der Waals surface area (Å²) in [5.41, 5.74) is 0. The van der Waals surface area contributed by atoms with E-state index in [9.17, 15) is 9.90 Å². The van der Waals surface area contributed by atoms with Crippen molar-refractivity contribution < 1.29 is 9.90 Å². The third-order valence-electron chi connectivity index (χ3n) is 3.83. The quantitative estimate of drug-likeness (QED) is 0.682. The summed E-state index contributed by atoms with van der Waals surface area (Å²) in [6.45, 7) is 2.88. The number of nitrogens with zero attached hydrogens (tertiary/aromatic N) is 1. The molecule has 1 saturated carbocycles. The van der Waals surface area contributed by atoms with Crippen molar-refractivity contribution in [2.75, 3.05) is 26.7 Å². The fourth-order valence-corrected chi connectivity index (χ4v) is 2.90. The van der Waals surface area contributed by atoms with Gasteiger partial charge in [-0.05, 0) is 18.8 Å².